The first-order chi connectivity index (χ1) is 6.94. The van der Waals surface area contributed by atoms with Crippen LogP contribution in [0.2, 0.25) is 5.15 Å². The van der Waals surface area contributed by atoms with Crippen molar-refractivity contribution in [3.8, 4) is 0 Å². The molecule has 1 aromatic rings. The van der Waals surface area contributed by atoms with Crippen LogP contribution in [-0.4, -0.2) is 19.2 Å². The van der Waals surface area contributed by atoms with Crippen molar-refractivity contribution in [2.24, 2.45) is 0 Å². The minimum Gasteiger partial charge on any atom is -0.282 e. The number of anilines is 1. The second-order valence-electron chi connectivity index (χ2n) is 3.00. The van der Waals surface area contributed by atoms with Gasteiger partial charge in [0.25, 0.3) is 0 Å². The predicted octanol–water partition coefficient (Wildman–Crippen LogP) is 1.97. The van der Waals surface area contributed by atoms with Crippen LogP contribution in [0.3, 0.4) is 0 Å². The van der Waals surface area contributed by atoms with Crippen LogP contribution < -0.4 is 4.72 Å². The van der Waals surface area contributed by atoms with Crippen LogP contribution in [0.5, 0.6) is 0 Å². The number of halogens is 1. The Morgan fingerprint density at radius 3 is 2.87 bits per heavy atom. The lowest BCUT2D eigenvalue weighted by Crippen LogP contribution is -2.15. The van der Waals surface area contributed by atoms with E-state index in [1.165, 1.54) is 12.3 Å². The summed E-state index contributed by atoms with van der Waals surface area (Å²) in [6.07, 6.45) is 2.69. The number of pyridine rings is 1. The highest BCUT2D eigenvalue weighted by Gasteiger charge is 2.08. The van der Waals surface area contributed by atoms with Gasteiger partial charge in [-0.05, 0) is 18.6 Å². The molecule has 0 amide bonds. The first-order valence-corrected chi connectivity index (χ1v) is 6.21. The Kier molecular flexibility index (Phi) is 3.71. The molecule has 0 bridgehead atoms. The molecule has 0 spiro atoms. The minimum atomic E-state index is -3.37. The van der Waals surface area contributed by atoms with Gasteiger partial charge in [0, 0.05) is 0 Å². The number of nitrogens with zero attached hydrogens (tertiary/aromatic N) is 1. The SMILES string of the molecule is C=CCS(=O)(=O)Nc1cnc(Cl)c(C)c1. The average Bonchev–Trinajstić information content (AvgIpc) is 2.10. The normalized spacial score (nSPS) is 11.1. The first kappa shape index (κ1) is 12.0. The Morgan fingerprint density at radius 2 is 2.33 bits per heavy atom. The summed E-state index contributed by atoms with van der Waals surface area (Å²) in [7, 11) is -3.37. The highest BCUT2D eigenvalue weighted by atomic mass is 35.5. The maximum atomic E-state index is 11.4. The van der Waals surface area contributed by atoms with Gasteiger partial charge in [0.15, 0.2) is 0 Å². The van der Waals surface area contributed by atoms with Gasteiger partial charge in [-0.25, -0.2) is 13.4 Å². The molecule has 1 N–H and O–H groups in total. The van der Waals surface area contributed by atoms with Crippen molar-refractivity contribution < 1.29 is 8.42 Å². The Hall–Kier alpha value is -1.07. The van der Waals surface area contributed by atoms with E-state index in [1.54, 1.807) is 13.0 Å². The fraction of sp³-hybridized carbons (Fsp3) is 0.222. The number of hydrogen-bond donors (Lipinski definition) is 1. The van der Waals surface area contributed by atoms with E-state index in [0.29, 0.717) is 10.8 Å². The van der Waals surface area contributed by atoms with E-state index < -0.39 is 10.0 Å². The molecule has 0 saturated heterocycles. The zero-order chi connectivity index (χ0) is 11.5. The monoisotopic (exact) mass is 246 g/mol. The summed E-state index contributed by atoms with van der Waals surface area (Å²) in [6, 6.07) is 1.62. The lowest BCUT2D eigenvalue weighted by Gasteiger charge is -2.06. The molecular weight excluding hydrogens is 236 g/mol. The topological polar surface area (TPSA) is 59.1 Å². The highest BCUT2D eigenvalue weighted by Crippen LogP contribution is 2.16. The summed E-state index contributed by atoms with van der Waals surface area (Å²) in [5, 5.41) is 0.363. The quantitative estimate of drug-likeness (QED) is 0.653. The molecule has 1 heterocycles. The Labute approximate surface area is 94.0 Å². The number of sulfonamides is 1. The maximum absolute atomic E-state index is 11.4. The van der Waals surface area contributed by atoms with Gasteiger partial charge >= 0.3 is 0 Å². The molecule has 0 saturated carbocycles. The largest absolute Gasteiger partial charge is 0.282 e. The highest BCUT2D eigenvalue weighted by molar-refractivity contribution is 7.92. The van der Waals surface area contributed by atoms with Crippen molar-refractivity contribution in [2.45, 2.75) is 6.92 Å². The number of nitrogens with one attached hydrogen (secondary N) is 1. The standard InChI is InChI=1S/C9H11ClN2O2S/c1-3-4-15(13,14)12-8-5-7(2)9(10)11-6-8/h3,5-6,12H,1,4H2,2H3. The van der Waals surface area contributed by atoms with Crippen molar-refractivity contribution in [2.75, 3.05) is 10.5 Å². The maximum Gasteiger partial charge on any atom is 0.236 e. The molecule has 0 aromatic carbocycles. The third-order valence-electron chi connectivity index (χ3n) is 1.63. The van der Waals surface area contributed by atoms with Crippen molar-refractivity contribution in [3.05, 3.63) is 35.6 Å². The van der Waals surface area contributed by atoms with Crippen LogP contribution in [0, 0.1) is 6.92 Å². The number of aryl methyl sites for hydroxylation is 1. The summed E-state index contributed by atoms with van der Waals surface area (Å²) in [4.78, 5) is 3.84. The first-order valence-electron chi connectivity index (χ1n) is 4.18. The van der Waals surface area contributed by atoms with Gasteiger partial charge in [-0.3, -0.25) is 4.72 Å². The van der Waals surface area contributed by atoms with Gasteiger partial charge in [0.2, 0.25) is 10.0 Å². The van der Waals surface area contributed by atoms with E-state index in [1.807, 2.05) is 0 Å². The summed E-state index contributed by atoms with van der Waals surface area (Å²) in [6.45, 7) is 5.11. The average molecular weight is 247 g/mol. The fourth-order valence-corrected chi connectivity index (χ4v) is 1.96. The minimum absolute atomic E-state index is 0.130. The van der Waals surface area contributed by atoms with Gasteiger partial charge in [0.1, 0.15) is 5.15 Å². The smallest absolute Gasteiger partial charge is 0.236 e. The Bertz CT molecular complexity index is 471. The third kappa shape index (κ3) is 3.53. The van der Waals surface area contributed by atoms with E-state index in [2.05, 4.69) is 16.3 Å². The molecule has 0 radical (unpaired) electrons. The zero-order valence-corrected chi connectivity index (χ0v) is 9.77. The van der Waals surface area contributed by atoms with Gasteiger partial charge < -0.3 is 0 Å². The van der Waals surface area contributed by atoms with Crippen LogP contribution in [-0.2, 0) is 10.0 Å². The third-order valence-corrected chi connectivity index (χ3v) is 3.24. The number of rotatable bonds is 4. The second-order valence-corrected chi connectivity index (χ2v) is 5.13. The number of aromatic nitrogens is 1. The van der Waals surface area contributed by atoms with Crippen LogP contribution in [0.4, 0.5) is 5.69 Å². The Balaban J connectivity index is 2.91. The van der Waals surface area contributed by atoms with Gasteiger partial charge in [-0.15, -0.1) is 6.58 Å². The molecule has 0 fully saturated rings. The van der Waals surface area contributed by atoms with E-state index in [9.17, 15) is 8.42 Å². The Morgan fingerprint density at radius 1 is 1.67 bits per heavy atom. The van der Waals surface area contributed by atoms with Crippen molar-refractivity contribution >= 4 is 27.3 Å². The van der Waals surface area contributed by atoms with Crippen LogP contribution in [0.1, 0.15) is 5.56 Å². The van der Waals surface area contributed by atoms with Crippen molar-refractivity contribution in [1.29, 1.82) is 0 Å². The summed E-state index contributed by atoms with van der Waals surface area (Å²) in [5.41, 5.74) is 1.12. The molecule has 0 aliphatic rings. The fourth-order valence-electron chi connectivity index (χ4n) is 0.990. The molecular formula is C9H11ClN2O2S. The molecule has 0 aliphatic heterocycles. The van der Waals surface area contributed by atoms with Crippen LogP contribution >= 0.6 is 11.6 Å². The molecule has 0 atom stereocenters. The summed E-state index contributed by atoms with van der Waals surface area (Å²) < 4.78 is 25.1. The summed E-state index contributed by atoms with van der Waals surface area (Å²) >= 11 is 5.71. The van der Waals surface area contributed by atoms with Crippen LogP contribution in [0.25, 0.3) is 0 Å². The summed E-state index contributed by atoms with van der Waals surface area (Å²) in [5.74, 6) is -0.130. The van der Waals surface area contributed by atoms with Crippen molar-refractivity contribution in [3.63, 3.8) is 0 Å². The molecule has 1 rings (SSSR count). The van der Waals surface area contributed by atoms with E-state index >= 15 is 0 Å². The van der Waals surface area contributed by atoms with Gasteiger partial charge in [-0.1, -0.05) is 17.7 Å². The van der Waals surface area contributed by atoms with Crippen LogP contribution in [0.15, 0.2) is 24.9 Å². The van der Waals surface area contributed by atoms with E-state index in [-0.39, 0.29) is 5.75 Å². The van der Waals surface area contributed by atoms with Gasteiger partial charge in [0.05, 0.1) is 17.6 Å². The number of hydrogen-bond acceptors (Lipinski definition) is 3. The molecule has 6 heteroatoms. The van der Waals surface area contributed by atoms with Gasteiger partial charge in [-0.2, -0.15) is 0 Å². The second kappa shape index (κ2) is 4.63. The zero-order valence-electron chi connectivity index (χ0n) is 8.20. The molecule has 0 unspecified atom stereocenters. The van der Waals surface area contributed by atoms with E-state index in [0.717, 1.165) is 5.56 Å². The lowest BCUT2D eigenvalue weighted by molar-refractivity contribution is 0.604. The predicted molar refractivity (Wildman–Crippen MR) is 61.6 cm³/mol. The molecule has 82 valence electrons. The molecule has 15 heavy (non-hydrogen) atoms. The van der Waals surface area contributed by atoms with Crippen molar-refractivity contribution in [1.82, 2.24) is 4.98 Å². The molecule has 1 aromatic heterocycles. The molecule has 4 nitrogen and oxygen atoms in total. The van der Waals surface area contributed by atoms with E-state index in [4.69, 9.17) is 11.6 Å². The lowest BCUT2D eigenvalue weighted by atomic mass is 10.3. The molecule has 0 aliphatic carbocycles.